The van der Waals surface area contributed by atoms with Gasteiger partial charge in [-0.2, -0.15) is 0 Å². The van der Waals surface area contributed by atoms with Gasteiger partial charge >= 0.3 is 0 Å². The molecule has 1 unspecified atom stereocenters. The van der Waals surface area contributed by atoms with E-state index in [9.17, 15) is 0 Å². The Bertz CT molecular complexity index is 49.7. The van der Waals surface area contributed by atoms with Crippen LogP contribution < -0.4 is 10.5 Å². The largest absolute Gasteiger partial charge is 0.304 e. The van der Waals surface area contributed by atoms with E-state index in [-0.39, 0.29) is 0 Å². The molecule has 3 heteroatoms. The Hall–Kier alpha value is 0.270. The molecule has 0 bridgehead atoms. The van der Waals surface area contributed by atoms with Gasteiger partial charge in [-0.25, -0.2) is 0 Å². The van der Waals surface area contributed by atoms with Gasteiger partial charge in [0.25, 0.3) is 0 Å². The topological polar surface area (TPSA) is 38.0 Å². The summed E-state index contributed by atoms with van der Waals surface area (Å²) < 4.78 is 0. The highest BCUT2D eigenvalue weighted by Crippen LogP contribution is 1.88. The molecule has 50 valence electrons. The average molecular weight is 134 g/mol. The van der Waals surface area contributed by atoms with Gasteiger partial charge < -0.3 is 5.32 Å². The molecule has 3 N–H and O–H groups in total. The van der Waals surface area contributed by atoms with Crippen LogP contribution in [0.2, 0.25) is 0 Å². The molecule has 0 aromatic heterocycles. The van der Waals surface area contributed by atoms with Crippen LogP contribution in [0, 0.1) is 0 Å². The minimum atomic E-state index is 0.603. The maximum atomic E-state index is 5.19. The van der Waals surface area contributed by atoms with E-state index >= 15 is 0 Å². The summed E-state index contributed by atoms with van der Waals surface area (Å²) in [5.74, 6) is 0.856. The third kappa shape index (κ3) is 4.43. The Morgan fingerprint density at radius 2 is 2.38 bits per heavy atom. The van der Waals surface area contributed by atoms with Crippen LogP contribution >= 0.6 is 11.9 Å². The Balaban J connectivity index is 2.86. The molecule has 0 aromatic rings. The van der Waals surface area contributed by atoms with Crippen LogP contribution in [0.4, 0.5) is 0 Å². The normalized spacial score (nSPS) is 13.9. The Labute approximate surface area is 55.3 Å². The quantitative estimate of drug-likeness (QED) is 0.444. The van der Waals surface area contributed by atoms with Crippen LogP contribution in [-0.4, -0.2) is 11.9 Å². The summed E-state index contributed by atoms with van der Waals surface area (Å²) in [6.45, 7) is 4.30. The van der Waals surface area contributed by atoms with Crippen molar-refractivity contribution in [2.75, 3.05) is 5.88 Å². The second-order valence-electron chi connectivity index (χ2n) is 1.82. The maximum Gasteiger partial charge on any atom is 0.0565 e. The molecule has 0 fully saturated rings. The lowest BCUT2D eigenvalue weighted by atomic mass is 10.3. The van der Waals surface area contributed by atoms with Crippen molar-refractivity contribution >= 4 is 11.9 Å². The SMILES string of the molecule is CCC(C)NCSN. The molecule has 0 aliphatic rings. The van der Waals surface area contributed by atoms with Crippen LogP contribution in [-0.2, 0) is 0 Å². The third-order valence-corrected chi connectivity index (χ3v) is 1.46. The van der Waals surface area contributed by atoms with Crippen molar-refractivity contribution in [3.63, 3.8) is 0 Å². The second-order valence-corrected chi connectivity index (χ2v) is 2.45. The van der Waals surface area contributed by atoms with E-state index in [1.165, 1.54) is 18.4 Å². The van der Waals surface area contributed by atoms with E-state index in [4.69, 9.17) is 5.14 Å². The van der Waals surface area contributed by atoms with E-state index in [0.717, 1.165) is 5.88 Å². The van der Waals surface area contributed by atoms with Crippen LogP contribution in [0.3, 0.4) is 0 Å². The van der Waals surface area contributed by atoms with Gasteiger partial charge in [0.05, 0.1) is 5.88 Å². The van der Waals surface area contributed by atoms with E-state index in [2.05, 4.69) is 19.2 Å². The molecule has 0 heterocycles. The summed E-state index contributed by atoms with van der Waals surface area (Å²) in [5, 5.41) is 8.41. The van der Waals surface area contributed by atoms with Crippen LogP contribution in [0.15, 0.2) is 0 Å². The van der Waals surface area contributed by atoms with E-state index in [1.807, 2.05) is 0 Å². The summed E-state index contributed by atoms with van der Waals surface area (Å²) in [7, 11) is 0. The molecule has 0 radical (unpaired) electrons. The number of nitrogens with one attached hydrogen (secondary N) is 1. The molecule has 0 spiro atoms. The van der Waals surface area contributed by atoms with E-state index in [1.54, 1.807) is 0 Å². The van der Waals surface area contributed by atoms with Crippen LogP contribution in [0.5, 0.6) is 0 Å². The van der Waals surface area contributed by atoms with E-state index in [0.29, 0.717) is 6.04 Å². The van der Waals surface area contributed by atoms with Gasteiger partial charge in [-0.05, 0) is 13.3 Å². The zero-order chi connectivity index (χ0) is 6.41. The Morgan fingerprint density at radius 3 is 2.75 bits per heavy atom. The summed E-state index contributed by atoms with van der Waals surface area (Å²) in [5.41, 5.74) is 0. The molecule has 0 rings (SSSR count). The van der Waals surface area contributed by atoms with Gasteiger partial charge in [0.15, 0.2) is 0 Å². The summed E-state index contributed by atoms with van der Waals surface area (Å²) in [6.07, 6.45) is 1.17. The predicted molar refractivity (Wildman–Crippen MR) is 39.5 cm³/mol. The fourth-order valence-corrected chi connectivity index (χ4v) is 0.715. The highest BCUT2D eigenvalue weighted by Gasteiger charge is 1.92. The predicted octanol–water partition coefficient (Wildman–Crippen LogP) is 0.939. The molecular formula is C5H14N2S. The molecule has 0 aliphatic heterocycles. The standard InChI is InChI=1S/C5H14N2S/c1-3-5(2)7-4-8-6/h5,7H,3-4,6H2,1-2H3. The van der Waals surface area contributed by atoms with Gasteiger partial charge in [-0.15, -0.1) is 0 Å². The molecule has 1 atom stereocenters. The molecule has 0 aromatic carbocycles. The first-order valence-electron chi connectivity index (χ1n) is 2.86. The highest BCUT2D eigenvalue weighted by molar-refractivity contribution is 7.97. The number of rotatable bonds is 4. The lowest BCUT2D eigenvalue weighted by Gasteiger charge is -2.07. The first-order chi connectivity index (χ1) is 3.81. The molecule has 2 nitrogen and oxygen atoms in total. The van der Waals surface area contributed by atoms with Crippen molar-refractivity contribution in [2.24, 2.45) is 5.14 Å². The number of hydrogen-bond donors (Lipinski definition) is 2. The van der Waals surface area contributed by atoms with Crippen molar-refractivity contribution < 1.29 is 0 Å². The average Bonchev–Trinajstić information content (AvgIpc) is 1.83. The van der Waals surface area contributed by atoms with Gasteiger partial charge in [-0.1, -0.05) is 18.9 Å². The lowest BCUT2D eigenvalue weighted by molar-refractivity contribution is 0.583. The zero-order valence-electron chi connectivity index (χ0n) is 5.48. The van der Waals surface area contributed by atoms with Crippen molar-refractivity contribution in [2.45, 2.75) is 26.3 Å². The molecule has 0 saturated carbocycles. The maximum absolute atomic E-state index is 5.19. The van der Waals surface area contributed by atoms with Gasteiger partial charge in [0.2, 0.25) is 0 Å². The minimum absolute atomic E-state index is 0.603. The first kappa shape index (κ1) is 8.27. The van der Waals surface area contributed by atoms with Gasteiger partial charge in [0, 0.05) is 6.04 Å². The van der Waals surface area contributed by atoms with Gasteiger partial charge in [0.1, 0.15) is 0 Å². The molecule has 0 amide bonds. The van der Waals surface area contributed by atoms with Crippen LogP contribution in [0.1, 0.15) is 20.3 Å². The van der Waals surface area contributed by atoms with Crippen molar-refractivity contribution in [3.05, 3.63) is 0 Å². The molecular weight excluding hydrogens is 120 g/mol. The zero-order valence-corrected chi connectivity index (χ0v) is 6.29. The van der Waals surface area contributed by atoms with Crippen molar-refractivity contribution in [3.8, 4) is 0 Å². The monoisotopic (exact) mass is 134 g/mol. The highest BCUT2D eigenvalue weighted by atomic mass is 32.2. The van der Waals surface area contributed by atoms with Crippen LogP contribution in [0.25, 0.3) is 0 Å². The summed E-state index contributed by atoms with van der Waals surface area (Å²) >= 11 is 1.33. The first-order valence-corrected chi connectivity index (χ1v) is 3.91. The minimum Gasteiger partial charge on any atom is -0.304 e. The smallest absolute Gasteiger partial charge is 0.0565 e. The van der Waals surface area contributed by atoms with Crippen molar-refractivity contribution in [1.29, 1.82) is 0 Å². The Kier molecular flexibility index (Phi) is 5.59. The Morgan fingerprint density at radius 1 is 1.75 bits per heavy atom. The number of nitrogens with two attached hydrogens (primary N) is 1. The van der Waals surface area contributed by atoms with E-state index < -0.39 is 0 Å². The summed E-state index contributed by atoms with van der Waals surface area (Å²) in [4.78, 5) is 0. The second kappa shape index (κ2) is 5.41. The fourth-order valence-electron chi connectivity index (χ4n) is 0.335. The molecule has 0 aliphatic carbocycles. The lowest BCUT2D eigenvalue weighted by Crippen LogP contribution is -2.25. The van der Waals surface area contributed by atoms with Gasteiger partial charge in [-0.3, -0.25) is 5.14 Å². The van der Waals surface area contributed by atoms with Crippen molar-refractivity contribution in [1.82, 2.24) is 5.32 Å². The third-order valence-electron chi connectivity index (χ3n) is 1.13. The molecule has 8 heavy (non-hydrogen) atoms. The molecule has 0 saturated heterocycles. The number of hydrogen-bond acceptors (Lipinski definition) is 3. The summed E-state index contributed by atoms with van der Waals surface area (Å²) in [6, 6.07) is 0.603. The fraction of sp³-hybridized carbons (Fsp3) is 1.00.